The molecule has 1 N–H and O–H groups in total. The molecule has 6 heteroatoms. The van der Waals surface area contributed by atoms with Crippen LogP contribution < -0.4 is 10.1 Å². The summed E-state index contributed by atoms with van der Waals surface area (Å²) in [7, 11) is 0. The van der Waals surface area contributed by atoms with Crippen LogP contribution in [0.15, 0.2) is 46.9 Å². The van der Waals surface area contributed by atoms with E-state index in [1.165, 1.54) is 0 Å². The molecule has 0 saturated carbocycles. The van der Waals surface area contributed by atoms with E-state index in [1.54, 1.807) is 49.4 Å². The Morgan fingerprint density at radius 2 is 2.09 bits per heavy atom. The molecular weight excluding hydrogens is 370 g/mol. The van der Waals surface area contributed by atoms with Crippen molar-refractivity contribution < 1.29 is 14.3 Å². The van der Waals surface area contributed by atoms with Crippen LogP contribution in [0.3, 0.4) is 0 Å². The SMILES string of the molecule is C[C@@H](Oc1ccc(Br)cc1C=O)C(=O)Nc1cccc(Cl)c1. The van der Waals surface area contributed by atoms with E-state index in [9.17, 15) is 9.59 Å². The molecule has 1 atom stereocenters. The molecule has 22 heavy (non-hydrogen) atoms. The van der Waals surface area contributed by atoms with Crippen LogP contribution in [0, 0.1) is 0 Å². The first-order valence-electron chi connectivity index (χ1n) is 6.47. The summed E-state index contributed by atoms with van der Waals surface area (Å²) in [5.74, 6) is 0.0222. The number of rotatable bonds is 5. The van der Waals surface area contributed by atoms with E-state index in [1.807, 2.05) is 0 Å². The first-order valence-corrected chi connectivity index (χ1v) is 7.64. The monoisotopic (exact) mass is 381 g/mol. The molecule has 0 spiro atoms. The summed E-state index contributed by atoms with van der Waals surface area (Å²) < 4.78 is 6.32. The number of aldehydes is 1. The van der Waals surface area contributed by atoms with E-state index in [0.29, 0.717) is 28.3 Å². The highest BCUT2D eigenvalue weighted by Gasteiger charge is 2.16. The lowest BCUT2D eigenvalue weighted by Crippen LogP contribution is -2.30. The number of hydrogen-bond acceptors (Lipinski definition) is 3. The number of carbonyl (C=O) groups is 2. The zero-order valence-corrected chi connectivity index (χ0v) is 14.0. The number of anilines is 1. The van der Waals surface area contributed by atoms with E-state index in [4.69, 9.17) is 16.3 Å². The fourth-order valence-corrected chi connectivity index (χ4v) is 2.34. The van der Waals surface area contributed by atoms with Crippen LogP contribution in [0.5, 0.6) is 5.75 Å². The topological polar surface area (TPSA) is 55.4 Å². The molecular formula is C16H13BrClNO3. The van der Waals surface area contributed by atoms with Crippen molar-refractivity contribution in [3.63, 3.8) is 0 Å². The highest BCUT2D eigenvalue weighted by atomic mass is 79.9. The highest BCUT2D eigenvalue weighted by molar-refractivity contribution is 9.10. The Balaban J connectivity index is 2.07. The number of benzene rings is 2. The zero-order chi connectivity index (χ0) is 16.1. The normalized spacial score (nSPS) is 11.6. The van der Waals surface area contributed by atoms with Gasteiger partial charge in [0.25, 0.3) is 5.91 Å². The lowest BCUT2D eigenvalue weighted by atomic mass is 10.2. The van der Waals surface area contributed by atoms with Crippen LogP contribution in [-0.2, 0) is 4.79 Å². The smallest absolute Gasteiger partial charge is 0.265 e. The molecule has 0 radical (unpaired) electrons. The summed E-state index contributed by atoms with van der Waals surface area (Å²) in [6, 6.07) is 11.8. The minimum atomic E-state index is -0.765. The van der Waals surface area contributed by atoms with Crippen molar-refractivity contribution in [2.24, 2.45) is 0 Å². The Kier molecular flexibility index (Phi) is 5.57. The Morgan fingerprint density at radius 1 is 1.32 bits per heavy atom. The minimum Gasteiger partial charge on any atom is -0.480 e. The molecule has 2 rings (SSSR count). The third-order valence-corrected chi connectivity index (χ3v) is 3.59. The van der Waals surface area contributed by atoms with Crippen molar-refractivity contribution in [2.75, 3.05) is 5.32 Å². The van der Waals surface area contributed by atoms with Gasteiger partial charge in [-0.1, -0.05) is 33.6 Å². The fraction of sp³-hybridized carbons (Fsp3) is 0.125. The second kappa shape index (κ2) is 7.42. The molecule has 0 saturated heterocycles. The number of nitrogens with one attached hydrogen (secondary N) is 1. The second-order valence-electron chi connectivity index (χ2n) is 4.56. The van der Waals surface area contributed by atoms with Crippen molar-refractivity contribution in [1.82, 2.24) is 0 Å². The van der Waals surface area contributed by atoms with Crippen molar-refractivity contribution >= 4 is 45.4 Å². The maximum Gasteiger partial charge on any atom is 0.265 e. The summed E-state index contributed by atoms with van der Waals surface area (Å²) in [4.78, 5) is 23.2. The molecule has 0 aromatic heterocycles. The van der Waals surface area contributed by atoms with Gasteiger partial charge in [-0.3, -0.25) is 9.59 Å². The maximum absolute atomic E-state index is 12.1. The van der Waals surface area contributed by atoms with Crippen molar-refractivity contribution in [3.05, 3.63) is 57.5 Å². The molecule has 0 unspecified atom stereocenters. The predicted octanol–water partition coefficient (Wildman–Crippen LogP) is 4.32. The number of carbonyl (C=O) groups excluding carboxylic acids is 2. The summed E-state index contributed by atoms with van der Waals surface area (Å²) in [6.45, 7) is 1.61. The predicted molar refractivity (Wildman–Crippen MR) is 89.7 cm³/mol. The van der Waals surface area contributed by atoms with Crippen LogP contribution in [0.1, 0.15) is 17.3 Å². The molecule has 2 aromatic carbocycles. The summed E-state index contributed by atoms with van der Waals surface area (Å²) in [5.41, 5.74) is 0.955. The molecule has 0 fully saturated rings. The third kappa shape index (κ3) is 4.32. The average Bonchev–Trinajstić information content (AvgIpc) is 2.48. The van der Waals surface area contributed by atoms with E-state index >= 15 is 0 Å². The van der Waals surface area contributed by atoms with Crippen LogP contribution >= 0.6 is 27.5 Å². The molecule has 0 bridgehead atoms. The van der Waals surface area contributed by atoms with E-state index in [0.717, 1.165) is 4.47 Å². The molecule has 0 aliphatic carbocycles. The molecule has 0 heterocycles. The number of ether oxygens (including phenoxy) is 1. The van der Waals surface area contributed by atoms with Gasteiger partial charge in [0.1, 0.15) is 5.75 Å². The van der Waals surface area contributed by atoms with E-state index in [2.05, 4.69) is 21.2 Å². The van der Waals surface area contributed by atoms with Crippen LogP contribution in [0.25, 0.3) is 0 Å². The Hall–Kier alpha value is -1.85. The molecule has 2 aromatic rings. The number of halogens is 2. The van der Waals surface area contributed by atoms with Crippen LogP contribution in [0.4, 0.5) is 5.69 Å². The first kappa shape index (κ1) is 16.5. The number of amides is 1. The van der Waals surface area contributed by atoms with E-state index < -0.39 is 6.10 Å². The van der Waals surface area contributed by atoms with Crippen molar-refractivity contribution in [3.8, 4) is 5.75 Å². The van der Waals surface area contributed by atoms with Gasteiger partial charge >= 0.3 is 0 Å². The summed E-state index contributed by atoms with van der Waals surface area (Å²) >= 11 is 9.14. The first-order chi connectivity index (χ1) is 10.5. The van der Waals surface area contributed by atoms with Crippen molar-refractivity contribution in [1.29, 1.82) is 0 Å². The Labute approximate surface area is 141 Å². The minimum absolute atomic E-state index is 0.331. The fourth-order valence-electron chi connectivity index (χ4n) is 1.77. The van der Waals surface area contributed by atoms with Crippen LogP contribution in [0.2, 0.25) is 5.02 Å². The zero-order valence-electron chi connectivity index (χ0n) is 11.7. The molecule has 0 aliphatic heterocycles. The van der Waals surface area contributed by atoms with Gasteiger partial charge in [-0.15, -0.1) is 0 Å². The van der Waals surface area contributed by atoms with E-state index in [-0.39, 0.29) is 5.91 Å². The quantitative estimate of drug-likeness (QED) is 0.784. The van der Waals surface area contributed by atoms with Gasteiger partial charge in [-0.2, -0.15) is 0 Å². The van der Waals surface area contributed by atoms with Gasteiger partial charge in [-0.05, 0) is 43.3 Å². The maximum atomic E-state index is 12.1. The van der Waals surface area contributed by atoms with Gasteiger partial charge in [-0.25, -0.2) is 0 Å². The van der Waals surface area contributed by atoms with Gasteiger partial charge in [0, 0.05) is 15.2 Å². The van der Waals surface area contributed by atoms with Gasteiger partial charge in [0.15, 0.2) is 12.4 Å². The third-order valence-electron chi connectivity index (χ3n) is 2.86. The lowest BCUT2D eigenvalue weighted by Gasteiger charge is -2.16. The van der Waals surface area contributed by atoms with Gasteiger partial charge < -0.3 is 10.1 Å². The summed E-state index contributed by atoms with van der Waals surface area (Å²) in [6.07, 6.45) is -0.0827. The Morgan fingerprint density at radius 3 is 2.77 bits per heavy atom. The average molecular weight is 383 g/mol. The largest absolute Gasteiger partial charge is 0.480 e. The standard InChI is InChI=1S/C16H13BrClNO3/c1-10(16(21)19-14-4-2-3-13(18)8-14)22-15-6-5-12(17)7-11(15)9-20/h2-10H,1H3,(H,19,21)/t10-/m1/s1. The number of hydrogen-bond donors (Lipinski definition) is 1. The highest BCUT2D eigenvalue weighted by Crippen LogP contribution is 2.23. The lowest BCUT2D eigenvalue weighted by molar-refractivity contribution is -0.122. The van der Waals surface area contributed by atoms with Gasteiger partial charge in [0.05, 0.1) is 5.56 Å². The van der Waals surface area contributed by atoms with Crippen molar-refractivity contribution in [2.45, 2.75) is 13.0 Å². The second-order valence-corrected chi connectivity index (χ2v) is 5.91. The summed E-state index contributed by atoms with van der Waals surface area (Å²) in [5, 5.41) is 3.24. The molecule has 1 amide bonds. The van der Waals surface area contributed by atoms with Gasteiger partial charge in [0.2, 0.25) is 0 Å². The van der Waals surface area contributed by atoms with Crippen LogP contribution in [-0.4, -0.2) is 18.3 Å². The molecule has 0 aliphatic rings. The molecule has 114 valence electrons. The Bertz CT molecular complexity index is 706. The molecule has 4 nitrogen and oxygen atoms in total.